The van der Waals surface area contributed by atoms with Gasteiger partial charge in [-0.15, -0.1) is 0 Å². The number of rotatable bonds is 4. The molecule has 80 valence electrons. The van der Waals surface area contributed by atoms with Gasteiger partial charge < -0.3 is 5.11 Å². The summed E-state index contributed by atoms with van der Waals surface area (Å²) < 4.78 is 13.0. The molecule has 1 aromatic rings. The second kappa shape index (κ2) is 5.32. The fourth-order valence-corrected chi connectivity index (χ4v) is 1.23. The Morgan fingerprint density at radius 2 is 2.33 bits per heavy atom. The van der Waals surface area contributed by atoms with Crippen LogP contribution in [0.15, 0.2) is 18.2 Å². The van der Waals surface area contributed by atoms with Gasteiger partial charge in [-0.2, -0.15) is 5.26 Å². The molecule has 0 aliphatic rings. The van der Waals surface area contributed by atoms with Crippen molar-refractivity contribution in [2.24, 2.45) is 0 Å². The second-order valence-corrected chi connectivity index (χ2v) is 3.23. The summed E-state index contributed by atoms with van der Waals surface area (Å²) in [6.07, 6.45) is 0.902. The highest BCUT2D eigenvalue weighted by Gasteiger charge is 2.11. The Bertz CT molecular complexity index is 373. The van der Waals surface area contributed by atoms with Crippen LogP contribution in [0.25, 0.3) is 0 Å². The summed E-state index contributed by atoms with van der Waals surface area (Å²) in [5.41, 5.74) is 0.529. The fraction of sp³-hybridized carbons (Fsp3) is 0.364. The predicted octanol–water partition coefficient (Wildman–Crippen LogP) is 2.10. The summed E-state index contributed by atoms with van der Waals surface area (Å²) in [6, 6.07) is 5.47. The molecule has 0 aliphatic carbocycles. The van der Waals surface area contributed by atoms with Gasteiger partial charge in [0.25, 0.3) is 0 Å². The number of hydrogen-bond donors (Lipinski definition) is 2. The lowest BCUT2D eigenvalue weighted by Crippen LogP contribution is -2.20. The molecule has 0 bridgehead atoms. The minimum absolute atomic E-state index is 0.397. The third-order valence-corrected chi connectivity index (χ3v) is 2.03. The topological polar surface area (TPSA) is 56.0 Å². The molecule has 0 amide bonds. The molecule has 15 heavy (non-hydrogen) atoms. The van der Waals surface area contributed by atoms with Crippen molar-refractivity contribution in [2.45, 2.75) is 19.4 Å². The first-order chi connectivity index (χ1) is 7.19. The van der Waals surface area contributed by atoms with Crippen LogP contribution in [0.1, 0.15) is 24.9 Å². The highest BCUT2D eigenvalue weighted by molar-refractivity contribution is 5.32. The molecule has 4 heteroatoms. The number of halogens is 1. The van der Waals surface area contributed by atoms with Crippen LogP contribution >= 0.6 is 0 Å². The van der Waals surface area contributed by atoms with Crippen molar-refractivity contribution < 1.29 is 9.50 Å². The van der Waals surface area contributed by atoms with Crippen LogP contribution in [-0.4, -0.2) is 11.7 Å². The Kier molecular flexibility index (Phi) is 4.07. The Balaban J connectivity index is 2.84. The minimum atomic E-state index is -0.703. The van der Waals surface area contributed by atoms with Crippen LogP contribution in [0.3, 0.4) is 0 Å². The molecule has 0 saturated carbocycles. The summed E-state index contributed by atoms with van der Waals surface area (Å²) in [5.74, 6) is -1.10. The smallest absolute Gasteiger partial charge is 0.165 e. The minimum Gasteiger partial charge on any atom is -0.505 e. The van der Waals surface area contributed by atoms with Crippen LogP contribution in [0.5, 0.6) is 5.75 Å². The molecule has 0 fully saturated rings. The lowest BCUT2D eigenvalue weighted by molar-refractivity contribution is 0.431. The SMILES string of the molecule is CCCNC(C#N)c1ccc(O)c(F)c1. The maximum Gasteiger partial charge on any atom is 0.165 e. The molecular formula is C11H13FN2O. The number of phenols is 1. The molecule has 0 saturated heterocycles. The first kappa shape index (κ1) is 11.5. The molecular weight excluding hydrogens is 195 g/mol. The molecule has 0 spiro atoms. The van der Waals surface area contributed by atoms with Crippen molar-refractivity contribution in [2.75, 3.05) is 6.54 Å². The lowest BCUT2D eigenvalue weighted by atomic mass is 10.1. The first-order valence-electron chi connectivity index (χ1n) is 4.80. The Morgan fingerprint density at radius 3 is 2.87 bits per heavy atom. The van der Waals surface area contributed by atoms with E-state index in [1.54, 1.807) is 0 Å². The molecule has 1 atom stereocenters. The number of hydrogen-bond acceptors (Lipinski definition) is 3. The molecule has 0 heterocycles. The monoisotopic (exact) mass is 208 g/mol. The zero-order chi connectivity index (χ0) is 11.3. The number of aromatic hydroxyl groups is 1. The van der Waals surface area contributed by atoms with Crippen molar-refractivity contribution in [3.8, 4) is 11.8 Å². The highest BCUT2D eigenvalue weighted by atomic mass is 19.1. The average molecular weight is 208 g/mol. The van der Waals surface area contributed by atoms with E-state index in [-0.39, 0.29) is 0 Å². The standard InChI is InChI=1S/C11H13FN2O/c1-2-5-14-10(7-13)8-3-4-11(15)9(12)6-8/h3-4,6,10,14-15H,2,5H2,1H3. The summed E-state index contributed by atoms with van der Waals surface area (Å²) in [5, 5.41) is 20.8. The third kappa shape index (κ3) is 2.93. The molecule has 3 nitrogen and oxygen atoms in total. The second-order valence-electron chi connectivity index (χ2n) is 3.23. The third-order valence-electron chi connectivity index (χ3n) is 2.03. The summed E-state index contributed by atoms with van der Waals surface area (Å²) in [6.45, 7) is 2.68. The van der Waals surface area contributed by atoms with Gasteiger partial charge in [0.2, 0.25) is 0 Å². The number of nitriles is 1. The number of phenolic OH excluding ortho intramolecular Hbond substituents is 1. The van der Waals surface area contributed by atoms with Crippen LogP contribution in [0.2, 0.25) is 0 Å². The van der Waals surface area contributed by atoms with E-state index in [9.17, 15) is 4.39 Å². The van der Waals surface area contributed by atoms with E-state index in [1.807, 2.05) is 13.0 Å². The van der Waals surface area contributed by atoms with Gasteiger partial charge in [-0.1, -0.05) is 13.0 Å². The van der Waals surface area contributed by atoms with E-state index in [1.165, 1.54) is 18.2 Å². The normalized spacial score (nSPS) is 12.1. The van der Waals surface area contributed by atoms with Gasteiger partial charge in [0.1, 0.15) is 6.04 Å². The number of nitrogens with one attached hydrogen (secondary N) is 1. The largest absolute Gasteiger partial charge is 0.505 e. The zero-order valence-electron chi connectivity index (χ0n) is 8.50. The summed E-state index contributed by atoms with van der Waals surface area (Å²) in [4.78, 5) is 0. The molecule has 1 rings (SSSR count). The van der Waals surface area contributed by atoms with E-state index >= 15 is 0 Å². The summed E-state index contributed by atoms with van der Waals surface area (Å²) in [7, 11) is 0. The fourth-order valence-electron chi connectivity index (χ4n) is 1.23. The zero-order valence-corrected chi connectivity index (χ0v) is 8.50. The Morgan fingerprint density at radius 1 is 1.60 bits per heavy atom. The summed E-state index contributed by atoms with van der Waals surface area (Å²) >= 11 is 0. The van der Waals surface area contributed by atoms with Crippen LogP contribution in [0.4, 0.5) is 4.39 Å². The Hall–Kier alpha value is -1.60. The number of nitrogens with zero attached hydrogens (tertiary/aromatic N) is 1. The maximum atomic E-state index is 13.0. The van der Waals surface area contributed by atoms with E-state index in [0.29, 0.717) is 12.1 Å². The van der Waals surface area contributed by atoms with E-state index in [0.717, 1.165) is 6.42 Å². The van der Waals surface area contributed by atoms with E-state index < -0.39 is 17.6 Å². The van der Waals surface area contributed by atoms with Gasteiger partial charge in [-0.3, -0.25) is 5.32 Å². The maximum absolute atomic E-state index is 13.0. The average Bonchev–Trinajstić information content (AvgIpc) is 2.24. The van der Waals surface area contributed by atoms with Crippen LogP contribution in [-0.2, 0) is 0 Å². The lowest BCUT2D eigenvalue weighted by Gasteiger charge is -2.11. The molecule has 0 aromatic heterocycles. The molecule has 0 aliphatic heterocycles. The first-order valence-corrected chi connectivity index (χ1v) is 4.80. The molecule has 2 N–H and O–H groups in total. The van der Waals surface area contributed by atoms with Gasteiger partial charge >= 0.3 is 0 Å². The van der Waals surface area contributed by atoms with Crippen LogP contribution in [0, 0.1) is 17.1 Å². The quantitative estimate of drug-likeness (QED) is 0.796. The van der Waals surface area contributed by atoms with Gasteiger partial charge in [0.05, 0.1) is 6.07 Å². The molecule has 0 radical (unpaired) electrons. The van der Waals surface area contributed by atoms with Gasteiger partial charge in [0, 0.05) is 0 Å². The highest BCUT2D eigenvalue weighted by Crippen LogP contribution is 2.20. The van der Waals surface area contributed by atoms with Crippen molar-refractivity contribution in [1.82, 2.24) is 5.32 Å². The van der Waals surface area contributed by atoms with Gasteiger partial charge in [-0.05, 0) is 30.7 Å². The Labute approximate surface area is 88.2 Å². The molecule has 1 unspecified atom stereocenters. The van der Waals surface area contributed by atoms with Crippen molar-refractivity contribution >= 4 is 0 Å². The number of benzene rings is 1. The van der Waals surface area contributed by atoms with Gasteiger partial charge in [-0.25, -0.2) is 4.39 Å². The van der Waals surface area contributed by atoms with E-state index in [4.69, 9.17) is 10.4 Å². The van der Waals surface area contributed by atoms with Gasteiger partial charge in [0.15, 0.2) is 11.6 Å². The predicted molar refractivity (Wildman–Crippen MR) is 54.7 cm³/mol. The van der Waals surface area contributed by atoms with E-state index in [2.05, 4.69) is 5.32 Å². The van der Waals surface area contributed by atoms with Crippen molar-refractivity contribution in [3.05, 3.63) is 29.6 Å². The van der Waals surface area contributed by atoms with Crippen molar-refractivity contribution in [3.63, 3.8) is 0 Å². The molecule has 1 aromatic carbocycles. The van der Waals surface area contributed by atoms with Crippen LogP contribution < -0.4 is 5.32 Å². The van der Waals surface area contributed by atoms with Crippen molar-refractivity contribution in [1.29, 1.82) is 5.26 Å².